The minimum atomic E-state index is -1.26. The monoisotopic (exact) mass is 468 g/mol. The van der Waals surface area contributed by atoms with Crippen molar-refractivity contribution < 1.29 is 29.0 Å². The van der Waals surface area contributed by atoms with Gasteiger partial charge >= 0.3 is 11.9 Å². The van der Waals surface area contributed by atoms with Gasteiger partial charge < -0.3 is 20.1 Å². The van der Waals surface area contributed by atoms with E-state index in [-0.39, 0.29) is 6.61 Å². The Bertz CT molecular complexity index is 1070. The summed E-state index contributed by atoms with van der Waals surface area (Å²) in [5.74, 6) is -4.20. The van der Waals surface area contributed by atoms with Crippen molar-refractivity contribution in [1.29, 1.82) is 0 Å². The number of hydrogen-bond acceptors (Lipinski definition) is 6. The van der Waals surface area contributed by atoms with Gasteiger partial charge in [0.05, 0.1) is 0 Å². The molecule has 0 aliphatic carbocycles. The van der Waals surface area contributed by atoms with Gasteiger partial charge in [-0.2, -0.15) is 0 Å². The molecule has 2 aromatic rings. The maximum Gasteiger partial charge on any atom is 0.327 e. The standard InChI is InChI=1S/C24H24N2O6S/c1-24(2)18(22(29)30)26-20(28)17(21(26)33-24)25-19(27)16(15-11-7-4-8-12-15)23(31)32-13-14-9-5-3-6-10-14/h3-12,16-18,21H,13H2,1-2H3,(H,25,27)(H,29,30)/t16?,17?,18-,21+/m0/s1. The van der Waals surface area contributed by atoms with Crippen LogP contribution in [0.1, 0.15) is 30.9 Å². The Labute approximate surface area is 195 Å². The lowest BCUT2D eigenvalue weighted by Gasteiger charge is -2.43. The number of esters is 1. The maximum absolute atomic E-state index is 13.2. The second-order valence-electron chi connectivity index (χ2n) is 8.52. The third kappa shape index (κ3) is 4.32. The van der Waals surface area contributed by atoms with E-state index < -0.39 is 51.9 Å². The van der Waals surface area contributed by atoms with Crippen LogP contribution in [0.25, 0.3) is 0 Å². The summed E-state index contributed by atoms with van der Waals surface area (Å²) in [7, 11) is 0. The molecule has 33 heavy (non-hydrogen) atoms. The molecule has 0 saturated carbocycles. The zero-order chi connectivity index (χ0) is 23.8. The first-order valence-corrected chi connectivity index (χ1v) is 11.4. The summed E-state index contributed by atoms with van der Waals surface area (Å²) in [6, 6.07) is 15.7. The number of carbonyl (C=O) groups excluding carboxylic acids is 3. The predicted octanol–water partition coefficient (Wildman–Crippen LogP) is 2.15. The smallest absolute Gasteiger partial charge is 0.327 e. The van der Waals surface area contributed by atoms with Crippen molar-refractivity contribution in [2.24, 2.45) is 0 Å². The van der Waals surface area contributed by atoms with Crippen molar-refractivity contribution in [3.63, 3.8) is 0 Å². The fourth-order valence-corrected chi connectivity index (χ4v) is 5.86. The van der Waals surface area contributed by atoms with E-state index in [1.807, 2.05) is 30.3 Å². The van der Waals surface area contributed by atoms with Gasteiger partial charge in [0, 0.05) is 4.75 Å². The van der Waals surface area contributed by atoms with Gasteiger partial charge in [0.15, 0.2) is 5.92 Å². The number of benzene rings is 2. The molecule has 9 heteroatoms. The molecule has 2 amide bonds. The largest absolute Gasteiger partial charge is 0.480 e. The highest BCUT2D eigenvalue weighted by Crippen LogP contribution is 2.50. The number of ether oxygens (including phenoxy) is 1. The van der Waals surface area contributed by atoms with Gasteiger partial charge in [-0.15, -0.1) is 11.8 Å². The number of aliphatic carboxylic acids is 1. The second kappa shape index (κ2) is 8.90. The number of nitrogens with zero attached hydrogens (tertiary/aromatic N) is 1. The van der Waals surface area contributed by atoms with Crippen LogP contribution in [0.3, 0.4) is 0 Å². The molecule has 2 aliphatic rings. The highest BCUT2D eigenvalue weighted by atomic mass is 32.2. The molecule has 2 saturated heterocycles. The topological polar surface area (TPSA) is 113 Å². The number of amides is 2. The van der Waals surface area contributed by atoms with Crippen molar-refractivity contribution >= 4 is 35.5 Å². The summed E-state index contributed by atoms with van der Waals surface area (Å²) in [6.45, 7) is 3.53. The lowest BCUT2D eigenvalue weighted by atomic mass is 9.94. The van der Waals surface area contributed by atoms with Crippen molar-refractivity contribution in [3.8, 4) is 0 Å². The molecule has 2 aliphatic heterocycles. The third-order valence-electron chi connectivity index (χ3n) is 5.83. The minimum absolute atomic E-state index is 0.0133. The molecule has 4 rings (SSSR count). The maximum atomic E-state index is 13.2. The lowest BCUT2D eigenvalue weighted by Crippen LogP contribution is -2.71. The second-order valence-corrected chi connectivity index (χ2v) is 10.3. The fourth-order valence-electron chi connectivity index (χ4n) is 4.23. The Morgan fingerprint density at radius 3 is 2.30 bits per heavy atom. The van der Waals surface area contributed by atoms with E-state index in [0.717, 1.165) is 5.56 Å². The van der Waals surface area contributed by atoms with Gasteiger partial charge in [-0.25, -0.2) is 4.79 Å². The number of thioether (sulfide) groups is 1. The van der Waals surface area contributed by atoms with Gasteiger partial charge in [-0.1, -0.05) is 60.7 Å². The molecular formula is C24H24N2O6S. The number of β-lactam (4-membered cyclic amide) rings is 1. The SMILES string of the molecule is CC1(C)S[C@@H]2C(NC(=O)C(C(=O)OCc3ccccc3)c3ccccc3)C(=O)N2[C@H]1C(=O)O. The van der Waals surface area contributed by atoms with E-state index in [0.29, 0.717) is 5.56 Å². The van der Waals surface area contributed by atoms with E-state index in [4.69, 9.17) is 4.74 Å². The lowest BCUT2D eigenvalue weighted by molar-refractivity contribution is -0.161. The quantitative estimate of drug-likeness (QED) is 0.364. The molecule has 2 heterocycles. The van der Waals surface area contributed by atoms with E-state index in [1.165, 1.54) is 16.7 Å². The molecule has 0 aromatic heterocycles. The van der Waals surface area contributed by atoms with Gasteiger partial charge in [0.25, 0.3) is 0 Å². The summed E-state index contributed by atoms with van der Waals surface area (Å²) in [4.78, 5) is 51.9. The van der Waals surface area contributed by atoms with Crippen LogP contribution in [0.15, 0.2) is 60.7 Å². The molecule has 8 nitrogen and oxygen atoms in total. The van der Waals surface area contributed by atoms with Gasteiger partial charge in [0.1, 0.15) is 24.1 Å². The van der Waals surface area contributed by atoms with Crippen LogP contribution in [-0.4, -0.2) is 56.0 Å². The van der Waals surface area contributed by atoms with Gasteiger partial charge in [0.2, 0.25) is 11.8 Å². The summed E-state index contributed by atoms with van der Waals surface area (Å²) in [5, 5.41) is 11.7. The van der Waals surface area contributed by atoms with Crippen LogP contribution in [-0.2, 0) is 30.5 Å². The Morgan fingerprint density at radius 1 is 1.09 bits per heavy atom. The van der Waals surface area contributed by atoms with E-state index in [2.05, 4.69) is 5.32 Å². The molecule has 172 valence electrons. The van der Waals surface area contributed by atoms with Crippen LogP contribution >= 0.6 is 11.8 Å². The molecule has 2 fully saturated rings. The van der Waals surface area contributed by atoms with Gasteiger partial charge in [-0.3, -0.25) is 14.4 Å². The Morgan fingerprint density at radius 2 is 1.70 bits per heavy atom. The highest BCUT2D eigenvalue weighted by Gasteiger charge is 2.64. The van der Waals surface area contributed by atoms with Crippen LogP contribution in [0.4, 0.5) is 0 Å². The first-order chi connectivity index (χ1) is 15.7. The number of fused-ring (bicyclic) bond motifs is 1. The van der Waals surface area contributed by atoms with E-state index in [1.54, 1.807) is 44.2 Å². The Kier molecular flexibility index (Phi) is 6.16. The van der Waals surface area contributed by atoms with Crippen molar-refractivity contribution in [1.82, 2.24) is 10.2 Å². The molecule has 0 spiro atoms. The molecule has 2 aromatic carbocycles. The number of carboxylic acids is 1. The van der Waals surface area contributed by atoms with E-state index in [9.17, 15) is 24.3 Å². The summed E-state index contributed by atoms with van der Waals surface area (Å²) >= 11 is 1.32. The Hall–Kier alpha value is -3.33. The normalized spacial score (nSPS) is 23.8. The number of rotatable bonds is 7. The summed E-state index contributed by atoms with van der Waals surface area (Å²) in [6.07, 6.45) is 0. The number of hydrogen-bond donors (Lipinski definition) is 2. The third-order valence-corrected chi connectivity index (χ3v) is 7.40. The molecule has 2 N–H and O–H groups in total. The van der Waals surface area contributed by atoms with Crippen molar-refractivity contribution in [2.45, 2.75) is 48.6 Å². The summed E-state index contributed by atoms with van der Waals surface area (Å²) < 4.78 is 4.71. The van der Waals surface area contributed by atoms with Crippen LogP contribution < -0.4 is 5.32 Å². The van der Waals surface area contributed by atoms with Crippen molar-refractivity contribution in [3.05, 3.63) is 71.8 Å². The zero-order valence-electron chi connectivity index (χ0n) is 18.1. The van der Waals surface area contributed by atoms with Crippen LogP contribution in [0, 0.1) is 0 Å². The molecule has 4 atom stereocenters. The molecule has 0 radical (unpaired) electrons. The number of carbonyl (C=O) groups is 4. The number of carboxylic acid groups (broad SMARTS) is 1. The zero-order valence-corrected chi connectivity index (χ0v) is 19.0. The summed E-state index contributed by atoms with van der Waals surface area (Å²) in [5.41, 5.74) is 1.23. The first kappa shape index (κ1) is 22.8. The average Bonchev–Trinajstić information content (AvgIpc) is 3.05. The van der Waals surface area contributed by atoms with Crippen LogP contribution in [0.5, 0.6) is 0 Å². The number of nitrogens with one attached hydrogen (secondary N) is 1. The predicted molar refractivity (Wildman–Crippen MR) is 121 cm³/mol. The average molecular weight is 469 g/mol. The Balaban J connectivity index is 1.50. The first-order valence-electron chi connectivity index (χ1n) is 10.5. The molecule has 0 bridgehead atoms. The van der Waals surface area contributed by atoms with E-state index >= 15 is 0 Å². The van der Waals surface area contributed by atoms with Gasteiger partial charge in [-0.05, 0) is 25.0 Å². The van der Waals surface area contributed by atoms with Crippen molar-refractivity contribution in [2.75, 3.05) is 0 Å². The fraction of sp³-hybridized carbons (Fsp3) is 0.333. The highest BCUT2D eigenvalue weighted by molar-refractivity contribution is 8.01. The molecule has 2 unspecified atom stereocenters. The van der Waals surface area contributed by atoms with Crippen LogP contribution in [0.2, 0.25) is 0 Å². The molecular weight excluding hydrogens is 444 g/mol. The minimum Gasteiger partial charge on any atom is -0.480 e.